The summed E-state index contributed by atoms with van der Waals surface area (Å²) >= 11 is 0. The Balaban J connectivity index is 1.91. The number of hydrogen-bond donors (Lipinski definition) is 3. The Hall–Kier alpha value is -2.57. The zero-order valence-corrected chi connectivity index (χ0v) is 11.3. The van der Waals surface area contributed by atoms with Crippen molar-refractivity contribution >= 4 is 29.2 Å². The summed E-state index contributed by atoms with van der Waals surface area (Å²) in [5.41, 5.74) is 1.66. The number of imide groups is 1. The Morgan fingerprint density at radius 1 is 1.25 bits per heavy atom. The molecule has 1 atom stereocenters. The second-order valence-electron chi connectivity index (χ2n) is 4.71. The summed E-state index contributed by atoms with van der Waals surface area (Å²) in [7, 11) is 3.85. The van der Waals surface area contributed by atoms with Crippen molar-refractivity contribution in [1.82, 2.24) is 10.6 Å². The van der Waals surface area contributed by atoms with Crippen LogP contribution in [0.2, 0.25) is 0 Å². The van der Waals surface area contributed by atoms with Crippen LogP contribution in [-0.2, 0) is 9.59 Å². The van der Waals surface area contributed by atoms with Crippen LogP contribution in [0.3, 0.4) is 0 Å². The van der Waals surface area contributed by atoms with Gasteiger partial charge in [-0.2, -0.15) is 0 Å². The third kappa shape index (κ3) is 3.25. The van der Waals surface area contributed by atoms with Crippen molar-refractivity contribution in [2.45, 2.75) is 12.5 Å². The van der Waals surface area contributed by atoms with Crippen LogP contribution in [0.15, 0.2) is 24.3 Å². The summed E-state index contributed by atoms with van der Waals surface area (Å²) in [5.74, 6) is -0.807. The van der Waals surface area contributed by atoms with Crippen molar-refractivity contribution in [3.8, 4) is 0 Å². The number of benzene rings is 1. The van der Waals surface area contributed by atoms with E-state index in [9.17, 15) is 14.4 Å². The van der Waals surface area contributed by atoms with Crippen molar-refractivity contribution in [3.63, 3.8) is 0 Å². The average molecular weight is 276 g/mol. The molecule has 7 heteroatoms. The van der Waals surface area contributed by atoms with E-state index in [-0.39, 0.29) is 12.3 Å². The van der Waals surface area contributed by atoms with Crippen molar-refractivity contribution < 1.29 is 14.4 Å². The highest BCUT2D eigenvalue weighted by molar-refractivity contribution is 6.06. The lowest BCUT2D eigenvalue weighted by molar-refractivity contribution is -0.124. The van der Waals surface area contributed by atoms with Gasteiger partial charge in [0.25, 0.3) is 5.91 Å². The van der Waals surface area contributed by atoms with Crippen LogP contribution < -0.4 is 20.9 Å². The Bertz CT molecular complexity index is 539. The molecule has 0 aliphatic carbocycles. The molecule has 4 amide bonds. The van der Waals surface area contributed by atoms with E-state index >= 15 is 0 Å². The van der Waals surface area contributed by atoms with E-state index in [0.29, 0.717) is 5.69 Å². The molecule has 0 aromatic heterocycles. The average Bonchev–Trinajstić information content (AvgIpc) is 2.68. The lowest BCUT2D eigenvalue weighted by Crippen LogP contribution is -2.33. The van der Waals surface area contributed by atoms with Crippen LogP contribution >= 0.6 is 0 Å². The van der Waals surface area contributed by atoms with Crippen LogP contribution in [0.25, 0.3) is 0 Å². The molecular formula is C13H16N4O3. The molecular weight excluding hydrogens is 260 g/mol. The van der Waals surface area contributed by atoms with Crippen molar-refractivity contribution in [2.75, 3.05) is 24.3 Å². The van der Waals surface area contributed by atoms with E-state index in [1.54, 1.807) is 12.1 Å². The number of nitrogens with one attached hydrogen (secondary N) is 3. The molecule has 0 spiro atoms. The fourth-order valence-corrected chi connectivity index (χ4v) is 1.84. The number of rotatable bonds is 4. The van der Waals surface area contributed by atoms with Gasteiger partial charge in [-0.15, -0.1) is 0 Å². The zero-order chi connectivity index (χ0) is 14.7. The SMILES string of the molecule is CN(C)c1ccc(NC(=O)CC2NC(=O)NC2=O)cc1. The fourth-order valence-electron chi connectivity index (χ4n) is 1.84. The molecule has 1 aromatic rings. The van der Waals surface area contributed by atoms with Gasteiger partial charge in [-0.05, 0) is 24.3 Å². The highest BCUT2D eigenvalue weighted by atomic mass is 16.2. The molecule has 0 radical (unpaired) electrons. The molecule has 1 fully saturated rings. The number of amides is 4. The molecule has 1 aliphatic rings. The fraction of sp³-hybridized carbons (Fsp3) is 0.308. The van der Waals surface area contributed by atoms with Gasteiger partial charge in [0.2, 0.25) is 5.91 Å². The highest BCUT2D eigenvalue weighted by Gasteiger charge is 2.31. The second-order valence-corrected chi connectivity index (χ2v) is 4.71. The molecule has 1 unspecified atom stereocenters. The smallest absolute Gasteiger partial charge is 0.322 e. The number of carbonyl (C=O) groups is 3. The van der Waals surface area contributed by atoms with Crippen LogP contribution in [0.1, 0.15) is 6.42 Å². The van der Waals surface area contributed by atoms with E-state index in [2.05, 4.69) is 16.0 Å². The minimum Gasteiger partial charge on any atom is -0.378 e. The van der Waals surface area contributed by atoms with Crippen molar-refractivity contribution in [1.29, 1.82) is 0 Å². The van der Waals surface area contributed by atoms with Gasteiger partial charge in [0.15, 0.2) is 0 Å². The maximum absolute atomic E-state index is 11.8. The number of carbonyl (C=O) groups excluding carboxylic acids is 3. The van der Waals surface area contributed by atoms with Gasteiger partial charge in [0, 0.05) is 25.5 Å². The topological polar surface area (TPSA) is 90.5 Å². The van der Waals surface area contributed by atoms with Gasteiger partial charge < -0.3 is 15.5 Å². The first-order valence-electron chi connectivity index (χ1n) is 6.14. The Morgan fingerprint density at radius 2 is 1.90 bits per heavy atom. The second kappa shape index (κ2) is 5.60. The third-order valence-corrected chi connectivity index (χ3v) is 2.92. The summed E-state index contributed by atoms with van der Waals surface area (Å²) in [4.78, 5) is 36.0. The Morgan fingerprint density at radius 3 is 2.40 bits per heavy atom. The van der Waals surface area contributed by atoms with Crippen LogP contribution in [0.5, 0.6) is 0 Å². The predicted molar refractivity (Wildman–Crippen MR) is 74.5 cm³/mol. The Labute approximate surface area is 116 Å². The lowest BCUT2D eigenvalue weighted by Gasteiger charge is -2.13. The van der Waals surface area contributed by atoms with Gasteiger partial charge >= 0.3 is 6.03 Å². The summed E-state index contributed by atoms with van der Waals surface area (Å²) in [6, 6.07) is 5.94. The zero-order valence-electron chi connectivity index (χ0n) is 11.3. The maximum atomic E-state index is 11.8. The minimum atomic E-state index is -0.802. The van der Waals surface area contributed by atoms with E-state index in [1.807, 2.05) is 31.1 Å². The minimum absolute atomic E-state index is 0.0903. The van der Waals surface area contributed by atoms with Gasteiger partial charge in [0.1, 0.15) is 6.04 Å². The number of urea groups is 1. The van der Waals surface area contributed by atoms with Gasteiger partial charge in [-0.3, -0.25) is 14.9 Å². The van der Waals surface area contributed by atoms with Gasteiger partial charge in [-0.25, -0.2) is 4.79 Å². The van der Waals surface area contributed by atoms with E-state index in [4.69, 9.17) is 0 Å². The summed E-state index contributed by atoms with van der Waals surface area (Å²) in [6.45, 7) is 0. The standard InChI is InChI=1S/C13H16N4O3/c1-17(2)9-5-3-8(4-6-9)14-11(18)7-10-12(19)16-13(20)15-10/h3-6,10H,7H2,1-2H3,(H,14,18)(H2,15,16,19,20). The summed E-state index contributed by atoms with van der Waals surface area (Å²) < 4.78 is 0. The largest absolute Gasteiger partial charge is 0.378 e. The normalized spacial score (nSPS) is 17.4. The molecule has 106 valence electrons. The monoisotopic (exact) mass is 276 g/mol. The first-order chi connectivity index (χ1) is 9.45. The maximum Gasteiger partial charge on any atom is 0.322 e. The van der Waals surface area contributed by atoms with Crippen LogP contribution in [0, 0.1) is 0 Å². The molecule has 1 aromatic carbocycles. The molecule has 2 rings (SSSR count). The van der Waals surface area contributed by atoms with Crippen LogP contribution in [0.4, 0.5) is 16.2 Å². The number of hydrogen-bond acceptors (Lipinski definition) is 4. The molecule has 1 saturated heterocycles. The molecule has 20 heavy (non-hydrogen) atoms. The van der Waals surface area contributed by atoms with E-state index < -0.39 is 18.0 Å². The molecule has 1 heterocycles. The van der Waals surface area contributed by atoms with Crippen LogP contribution in [-0.4, -0.2) is 38.0 Å². The lowest BCUT2D eigenvalue weighted by atomic mass is 10.2. The summed E-state index contributed by atoms with van der Waals surface area (Å²) in [6.07, 6.45) is -0.0903. The third-order valence-electron chi connectivity index (χ3n) is 2.92. The molecule has 7 nitrogen and oxygen atoms in total. The first kappa shape index (κ1) is 13.9. The molecule has 0 saturated carbocycles. The molecule has 3 N–H and O–H groups in total. The molecule has 0 bridgehead atoms. The highest BCUT2D eigenvalue weighted by Crippen LogP contribution is 2.16. The van der Waals surface area contributed by atoms with Crippen molar-refractivity contribution in [3.05, 3.63) is 24.3 Å². The number of nitrogens with zero attached hydrogens (tertiary/aromatic N) is 1. The van der Waals surface area contributed by atoms with E-state index in [0.717, 1.165) is 5.69 Å². The Kier molecular flexibility index (Phi) is 3.88. The van der Waals surface area contributed by atoms with Gasteiger partial charge in [0.05, 0.1) is 6.42 Å². The quantitative estimate of drug-likeness (QED) is 0.689. The first-order valence-corrected chi connectivity index (χ1v) is 6.14. The van der Waals surface area contributed by atoms with Crippen molar-refractivity contribution in [2.24, 2.45) is 0 Å². The van der Waals surface area contributed by atoms with Gasteiger partial charge in [-0.1, -0.05) is 0 Å². The predicted octanol–water partition coefficient (Wildman–Crippen LogP) is 0.289. The van der Waals surface area contributed by atoms with E-state index in [1.165, 1.54) is 0 Å². The summed E-state index contributed by atoms with van der Waals surface area (Å²) in [5, 5.41) is 7.14. The molecule has 1 aliphatic heterocycles. The number of anilines is 2.